The van der Waals surface area contributed by atoms with Crippen molar-refractivity contribution in [3.8, 4) is 11.5 Å². The van der Waals surface area contributed by atoms with Gasteiger partial charge in [-0.15, -0.1) is 0 Å². The van der Waals surface area contributed by atoms with Gasteiger partial charge in [-0.2, -0.15) is 0 Å². The third-order valence-corrected chi connectivity index (χ3v) is 3.02. The van der Waals surface area contributed by atoms with Gasteiger partial charge in [0.15, 0.2) is 11.5 Å². The fraction of sp³-hybridized carbons (Fsp3) is 0.294. The number of ether oxygens (including phenoxy) is 2. The van der Waals surface area contributed by atoms with E-state index in [0.717, 1.165) is 0 Å². The first-order valence-electron chi connectivity index (χ1n) is 7.55. The molecule has 122 valence electrons. The van der Waals surface area contributed by atoms with E-state index in [-0.39, 0.29) is 5.91 Å². The van der Waals surface area contributed by atoms with Crippen molar-refractivity contribution < 1.29 is 14.3 Å². The molecule has 1 heterocycles. The topological polar surface area (TPSA) is 86.5 Å². The lowest BCUT2D eigenvalue weighted by atomic mass is 10.3. The maximum atomic E-state index is 11.8. The molecule has 0 aliphatic rings. The summed E-state index contributed by atoms with van der Waals surface area (Å²) in [5.74, 6) is 1.74. The van der Waals surface area contributed by atoms with Crippen molar-refractivity contribution in [1.29, 1.82) is 0 Å². The number of pyridine rings is 1. The highest BCUT2D eigenvalue weighted by molar-refractivity contribution is 5.90. The molecule has 1 amide bonds. The van der Waals surface area contributed by atoms with Gasteiger partial charge < -0.3 is 20.5 Å². The first-order chi connectivity index (χ1) is 11.2. The van der Waals surface area contributed by atoms with E-state index in [0.29, 0.717) is 49.1 Å². The maximum Gasteiger partial charge on any atom is 0.224 e. The molecule has 0 atom stereocenters. The van der Waals surface area contributed by atoms with Crippen LogP contribution in [0, 0.1) is 0 Å². The molecule has 0 radical (unpaired) electrons. The minimum absolute atomic E-state index is 0.0849. The van der Waals surface area contributed by atoms with E-state index in [1.165, 1.54) is 6.20 Å². The first-order valence-corrected chi connectivity index (χ1v) is 7.55. The second-order valence-electron chi connectivity index (χ2n) is 4.85. The quantitative estimate of drug-likeness (QED) is 0.732. The molecule has 0 aliphatic heterocycles. The number of benzene rings is 1. The summed E-state index contributed by atoms with van der Waals surface area (Å²) in [5.41, 5.74) is 6.13. The summed E-state index contributed by atoms with van der Waals surface area (Å²) in [6, 6.07) is 10.9. The largest absolute Gasteiger partial charge is 0.490 e. The Morgan fingerprint density at radius 3 is 2.57 bits per heavy atom. The van der Waals surface area contributed by atoms with Gasteiger partial charge in [-0.25, -0.2) is 4.98 Å². The number of nitrogens with zero attached hydrogens (tertiary/aromatic N) is 1. The predicted octanol–water partition coefficient (Wildman–Crippen LogP) is 2.86. The SMILES string of the molecule is CCOc1ccccc1OCCCC(=O)Nc1ccc(N)nc1. The van der Waals surface area contributed by atoms with Crippen molar-refractivity contribution in [3.05, 3.63) is 42.6 Å². The minimum Gasteiger partial charge on any atom is -0.490 e. The Balaban J connectivity index is 1.73. The number of para-hydroxylation sites is 2. The van der Waals surface area contributed by atoms with E-state index < -0.39 is 0 Å². The summed E-state index contributed by atoms with van der Waals surface area (Å²) in [7, 11) is 0. The average Bonchev–Trinajstić information content (AvgIpc) is 2.55. The number of hydrogen-bond acceptors (Lipinski definition) is 5. The Morgan fingerprint density at radius 2 is 1.91 bits per heavy atom. The van der Waals surface area contributed by atoms with Crippen molar-refractivity contribution >= 4 is 17.4 Å². The molecule has 2 rings (SSSR count). The van der Waals surface area contributed by atoms with E-state index >= 15 is 0 Å². The normalized spacial score (nSPS) is 10.1. The molecular formula is C17H21N3O3. The van der Waals surface area contributed by atoms with E-state index in [1.807, 2.05) is 31.2 Å². The zero-order valence-electron chi connectivity index (χ0n) is 13.1. The Kier molecular flexibility index (Phi) is 6.23. The number of aromatic nitrogens is 1. The third kappa shape index (κ3) is 5.50. The van der Waals surface area contributed by atoms with E-state index in [4.69, 9.17) is 15.2 Å². The van der Waals surface area contributed by atoms with Crippen LogP contribution in [0.5, 0.6) is 11.5 Å². The van der Waals surface area contributed by atoms with Crippen LogP contribution in [0.2, 0.25) is 0 Å². The van der Waals surface area contributed by atoms with Crippen LogP contribution >= 0.6 is 0 Å². The highest BCUT2D eigenvalue weighted by Gasteiger charge is 2.05. The molecule has 6 heteroatoms. The van der Waals surface area contributed by atoms with Gasteiger partial charge in [0, 0.05) is 6.42 Å². The number of rotatable bonds is 8. The molecule has 0 aliphatic carbocycles. The second kappa shape index (κ2) is 8.63. The minimum atomic E-state index is -0.0849. The van der Waals surface area contributed by atoms with Gasteiger partial charge in [-0.3, -0.25) is 4.79 Å². The van der Waals surface area contributed by atoms with Crippen LogP contribution in [0.25, 0.3) is 0 Å². The number of nitrogens with two attached hydrogens (primary N) is 1. The molecule has 2 aromatic rings. The summed E-state index contributed by atoms with van der Waals surface area (Å²) in [4.78, 5) is 15.7. The summed E-state index contributed by atoms with van der Waals surface area (Å²) in [6.45, 7) is 2.95. The molecule has 1 aromatic carbocycles. The Bertz CT molecular complexity index is 629. The molecule has 23 heavy (non-hydrogen) atoms. The van der Waals surface area contributed by atoms with Gasteiger partial charge >= 0.3 is 0 Å². The van der Waals surface area contributed by atoms with Crippen molar-refractivity contribution in [2.24, 2.45) is 0 Å². The highest BCUT2D eigenvalue weighted by Crippen LogP contribution is 2.26. The smallest absolute Gasteiger partial charge is 0.224 e. The van der Waals surface area contributed by atoms with Crippen LogP contribution in [0.1, 0.15) is 19.8 Å². The summed E-state index contributed by atoms with van der Waals surface area (Å²) in [5, 5.41) is 2.76. The van der Waals surface area contributed by atoms with Crippen LogP contribution in [0.4, 0.5) is 11.5 Å². The molecule has 0 saturated heterocycles. The lowest BCUT2D eigenvalue weighted by Crippen LogP contribution is -2.13. The average molecular weight is 315 g/mol. The monoisotopic (exact) mass is 315 g/mol. The Labute approximate surface area is 135 Å². The van der Waals surface area contributed by atoms with Crippen LogP contribution in [0.3, 0.4) is 0 Å². The van der Waals surface area contributed by atoms with Gasteiger partial charge in [0.2, 0.25) is 5.91 Å². The fourth-order valence-electron chi connectivity index (χ4n) is 1.96. The van der Waals surface area contributed by atoms with Gasteiger partial charge in [0.25, 0.3) is 0 Å². The van der Waals surface area contributed by atoms with Crippen LogP contribution < -0.4 is 20.5 Å². The summed E-state index contributed by atoms with van der Waals surface area (Å²) < 4.78 is 11.2. The predicted molar refractivity (Wildman–Crippen MR) is 89.6 cm³/mol. The molecule has 1 aromatic heterocycles. The van der Waals surface area contributed by atoms with Gasteiger partial charge in [0.1, 0.15) is 5.82 Å². The van der Waals surface area contributed by atoms with Gasteiger partial charge in [-0.05, 0) is 37.6 Å². The molecule has 0 unspecified atom stereocenters. The van der Waals surface area contributed by atoms with Gasteiger partial charge in [0.05, 0.1) is 25.1 Å². The lowest BCUT2D eigenvalue weighted by Gasteiger charge is -2.11. The number of hydrogen-bond donors (Lipinski definition) is 2. The molecule has 0 fully saturated rings. The van der Waals surface area contributed by atoms with Crippen molar-refractivity contribution in [2.75, 3.05) is 24.3 Å². The standard InChI is InChI=1S/C17H21N3O3/c1-2-22-14-6-3-4-7-15(14)23-11-5-8-17(21)20-13-9-10-16(18)19-12-13/h3-4,6-7,9-10,12H,2,5,8,11H2,1H3,(H2,18,19)(H,20,21). The molecular weight excluding hydrogens is 294 g/mol. The second-order valence-corrected chi connectivity index (χ2v) is 4.85. The highest BCUT2D eigenvalue weighted by atomic mass is 16.5. The van der Waals surface area contributed by atoms with Crippen molar-refractivity contribution in [3.63, 3.8) is 0 Å². The zero-order chi connectivity index (χ0) is 16.5. The van der Waals surface area contributed by atoms with Crippen LogP contribution in [-0.4, -0.2) is 24.1 Å². The number of anilines is 2. The number of carbonyl (C=O) groups is 1. The number of nitrogens with one attached hydrogen (secondary N) is 1. The molecule has 0 saturated carbocycles. The van der Waals surface area contributed by atoms with Crippen LogP contribution in [-0.2, 0) is 4.79 Å². The van der Waals surface area contributed by atoms with E-state index in [9.17, 15) is 4.79 Å². The Hall–Kier alpha value is -2.76. The molecule has 6 nitrogen and oxygen atoms in total. The third-order valence-electron chi connectivity index (χ3n) is 3.02. The number of nitrogen functional groups attached to an aromatic ring is 1. The molecule has 0 bridgehead atoms. The van der Waals surface area contributed by atoms with Crippen molar-refractivity contribution in [1.82, 2.24) is 4.98 Å². The zero-order valence-corrected chi connectivity index (χ0v) is 13.1. The maximum absolute atomic E-state index is 11.8. The molecule has 0 spiro atoms. The number of carbonyl (C=O) groups excluding carboxylic acids is 1. The van der Waals surface area contributed by atoms with E-state index in [1.54, 1.807) is 12.1 Å². The van der Waals surface area contributed by atoms with Crippen LogP contribution in [0.15, 0.2) is 42.6 Å². The lowest BCUT2D eigenvalue weighted by molar-refractivity contribution is -0.116. The molecule has 3 N–H and O–H groups in total. The Morgan fingerprint density at radius 1 is 1.17 bits per heavy atom. The summed E-state index contributed by atoms with van der Waals surface area (Å²) in [6.07, 6.45) is 2.50. The summed E-state index contributed by atoms with van der Waals surface area (Å²) >= 11 is 0. The van der Waals surface area contributed by atoms with E-state index in [2.05, 4.69) is 10.3 Å². The van der Waals surface area contributed by atoms with Gasteiger partial charge in [-0.1, -0.05) is 12.1 Å². The fourth-order valence-corrected chi connectivity index (χ4v) is 1.96. The number of amides is 1. The van der Waals surface area contributed by atoms with Crippen molar-refractivity contribution in [2.45, 2.75) is 19.8 Å². The first kappa shape index (κ1) is 16.6.